The smallest absolute Gasteiger partial charge is 0.230 e. The van der Waals surface area contributed by atoms with Crippen LogP contribution in [-0.4, -0.2) is 99.2 Å². The minimum absolute atomic E-state index is 0. The zero-order valence-corrected chi connectivity index (χ0v) is 21.3. The lowest BCUT2D eigenvalue weighted by molar-refractivity contribution is -0.138. The van der Waals surface area contributed by atoms with Crippen LogP contribution in [0.3, 0.4) is 0 Å². The fourth-order valence-corrected chi connectivity index (χ4v) is 6.33. The molecule has 2 aliphatic heterocycles. The van der Waals surface area contributed by atoms with Gasteiger partial charge in [-0.15, -0.1) is 24.0 Å². The van der Waals surface area contributed by atoms with Crippen LogP contribution < -0.4 is 10.6 Å². The second-order valence-electron chi connectivity index (χ2n) is 8.59. The predicted octanol–water partition coefficient (Wildman–Crippen LogP) is 1.63. The molecule has 0 radical (unpaired) electrons. The standard InChI is InChI=1S/C20H37N5O2S.HI/c1-21-18(22-14-19(6-4-5-7-19)17(26)24(2)3)23-15-20(8-13-28-16-20)25-9-11-27-12-10-25;/h4-16H2,1-3H3,(H2,21,22,23);1H. The third-order valence-electron chi connectivity index (χ3n) is 6.59. The second-order valence-corrected chi connectivity index (χ2v) is 9.70. The average Bonchev–Trinajstić information content (AvgIpc) is 3.39. The number of carbonyl (C=O) groups excluding carboxylic acids is 1. The molecule has 3 rings (SSSR count). The van der Waals surface area contributed by atoms with Crippen LogP contribution in [0.25, 0.3) is 0 Å². The Labute approximate surface area is 197 Å². The maximum Gasteiger partial charge on any atom is 0.230 e. The summed E-state index contributed by atoms with van der Waals surface area (Å²) in [5, 5.41) is 7.05. The minimum atomic E-state index is -0.285. The van der Waals surface area contributed by atoms with Crippen LogP contribution >= 0.6 is 35.7 Å². The summed E-state index contributed by atoms with van der Waals surface area (Å²) in [6.45, 7) is 5.21. The summed E-state index contributed by atoms with van der Waals surface area (Å²) in [6.07, 6.45) is 5.38. The number of ether oxygens (including phenoxy) is 1. The first kappa shape index (κ1) is 25.0. The van der Waals surface area contributed by atoms with E-state index in [0.717, 1.165) is 70.2 Å². The van der Waals surface area contributed by atoms with E-state index in [1.54, 1.807) is 4.90 Å². The molecule has 0 bridgehead atoms. The largest absolute Gasteiger partial charge is 0.379 e. The second kappa shape index (κ2) is 11.4. The molecule has 29 heavy (non-hydrogen) atoms. The summed E-state index contributed by atoms with van der Waals surface area (Å²) in [4.78, 5) is 21.6. The number of nitrogens with zero attached hydrogens (tertiary/aromatic N) is 3. The Hall–Kier alpha value is -0.260. The number of aliphatic imine (C=N–C) groups is 1. The van der Waals surface area contributed by atoms with Gasteiger partial charge in [0.1, 0.15) is 0 Å². The van der Waals surface area contributed by atoms with E-state index < -0.39 is 0 Å². The SMILES string of the molecule is CN=C(NCC1(C(=O)N(C)C)CCCC1)NCC1(N2CCOCC2)CCSC1.I. The molecule has 7 nitrogen and oxygen atoms in total. The molecule has 2 saturated heterocycles. The van der Waals surface area contributed by atoms with Gasteiger partial charge in [-0.05, 0) is 25.0 Å². The van der Waals surface area contributed by atoms with Gasteiger partial charge >= 0.3 is 0 Å². The van der Waals surface area contributed by atoms with Gasteiger partial charge in [0.2, 0.25) is 5.91 Å². The number of guanidine groups is 1. The topological polar surface area (TPSA) is 69.2 Å². The minimum Gasteiger partial charge on any atom is -0.379 e. The van der Waals surface area contributed by atoms with Crippen molar-refractivity contribution in [3.05, 3.63) is 0 Å². The highest BCUT2D eigenvalue weighted by molar-refractivity contribution is 14.0. The summed E-state index contributed by atoms with van der Waals surface area (Å²) in [6, 6.07) is 0. The van der Waals surface area contributed by atoms with Crippen molar-refractivity contribution in [2.75, 3.05) is 72.0 Å². The molecule has 2 N–H and O–H groups in total. The highest BCUT2D eigenvalue weighted by Gasteiger charge is 2.43. The van der Waals surface area contributed by atoms with E-state index in [9.17, 15) is 4.79 Å². The van der Waals surface area contributed by atoms with E-state index in [-0.39, 0.29) is 40.8 Å². The number of hydrogen-bond acceptors (Lipinski definition) is 5. The Morgan fingerprint density at radius 2 is 1.79 bits per heavy atom. The number of thioether (sulfide) groups is 1. The molecule has 0 aromatic heterocycles. The summed E-state index contributed by atoms with van der Waals surface area (Å²) >= 11 is 2.04. The van der Waals surface area contributed by atoms with Gasteiger partial charge in [0.25, 0.3) is 0 Å². The molecule has 1 amide bonds. The maximum atomic E-state index is 12.8. The van der Waals surface area contributed by atoms with Gasteiger partial charge < -0.3 is 20.3 Å². The monoisotopic (exact) mass is 539 g/mol. The zero-order valence-electron chi connectivity index (χ0n) is 18.2. The molecule has 9 heteroatoms. The van der Waals surface area contributed by atoms with E-state index in [1.165, 1.54) is 12.2 Å². The van der Waals surface area contributed by atoms with E-state index in [0.29, 0.717) is 6.54 Å². The Kier molecular flexibility index (Phi) is 9.82. The number of halogens is 1. The molecule has 3 aliphatic rings. The van der Waals surface area contributed by atoms with E-state index >= 15 is 0 Å². The van der Waals surface area contributed by atoms with Crippen LogP contribution in [0.2, 0.25) is 0 Å². The molecule has 0 spiro atoms. The van der Waals surface area contributed by atoms with E-state index in [4.69, 9.17) is 4.74 Å². The number of carbonyl (C=O) groups is 1. The van der Waals surface area contributed by atoms with Crippen LogP contribution in [0.1, 0.15) is 32.1 Å². The van der Waals surface area contributed by atoms with Gasteiger partial charge in [0.05, 0.1) is 18.6 Å². The van der Waals surface area contributed by atoms with E-state index in [1.807, 2.05) is 32.9 Å². The Bertz CT molecular complexity index is 557. The molecule has 1 saturated carbocycles. The van der Waals surface area contributed by atoms with Crippen molar-refractivity contribution >= 4 is 47.6 Å². The van der Waals surface area contributed by atoms with Crippen molar-refractivity contribution in [1.82, 2.24) is 20.4 Å². The highest BCUT2D eigenvalue weighted by atomic mass is 127. The lowest BCUT2D eigenvalue weighted by atomic mass is 9.84. The zero-order chi connectivity index (χ0) is 20.0. The number of morpholine rings is 1. The van der Waals surface area contributed by atoms with Gasteiger partial charge in [0, 0.05) is 58.6 Å². The highest BCUT2D eigenvalue weighted by Crippen LogP contribution is 2.39. The number of nitrogens with one attached hydrogen (secondary N) is 2. The fourth-order valence-electron chi connectivity index (χ4n) is 4.85. The molecule has 1 unspecified atom stereocenters. The first-order valence-electron chi connectivity index (χ1n) is 10.6. The predicted molar refractivity (Wildman–Crippen MR) is 131 cm³/mol. The van der Waals surface area contributed by atoms with Crippen molar-refractivity contribution in [3.63, 3.8) is 0 Å². The molecule has 3 fully saturated rings. The van der Waals surface area contributed by atoms with Crippen LogP contribution in [0.5, 0.6) is 0 Å². The van der Waals surface area contributed by atoms with Gasteiger partial charge in [-0.1, -0.05) is 12.8 Å². The molecule has 1 aliphatic carbocycles. The Balaban J connectivity index is 0.00000300. The lowest BCUT2D eigenvalue weighted by Gasteiger charge is -2.43. The number of rotatable bonds is 6. The number of hydrogen-bond donors (Lipinski definition) is 2. The van der Waals surface area contributed by atoms with Gasteiger partial charge in [-0.2, -0.15) is 11.8 Å². The average molecular weight is 540 g/mol. The van der Waals surface area contributed by atoms with Crippen LogP contribution in [0.4, 0.5) is 0 Å². The third kappa shape index (κ3) is 5.92. The van der Waals surface area contributed by atoms with Crippen molar-refractivity contribution in [2.45, 2.75) is 37.6 Å². The Morgan fingerprint density at radius 3 is 2.34 bits per heavy atom. The van der Waals surface area contributed by atoms with Crippen molar-refractivity contribution < 1.29 is 9.53 Å². The Morgan fingerprint density at radius 1 is 1.14 bits per heavy atom. The van der Waals surface area contributed by atoms with Crippen molar-refractivity contribution in [3.8, 4) is 0 Å². The summed E-state index contributed by atoms with van der Waals surface area (Å²) < 4.78 is 5.56. The third-order valence-corrected chi connectivity index (χ3v) is 7.82. The van der Waals surface area contributed by atoms with Gasteiger partial charge in [0.15, 0.2) is 5.96 Å². The maximum absolute atomic E-state index is 12.8. The first-order valence-corrected chi connectivity index (χ1v) is 11.7. The fraction of sp³-hybridized carbons (Fsp3) is 0.900. The first-order chi connectivity index (χ1) is 13.5. The van der Waals surface area contributed by atoms with Crippen LogP contribution in [-0.2, 0) is 9.53 Å². The van der Waals surface area contributed by atoms with Crippen molar-refractivity contribution in [1.29, 1.82) is 0 Å². The summed E-state index contributed by atoms with van der Waals surface area (Å²) in [5.74, 6) is 3.42. The molecule has 1 atom stereocenters. The summed E-state index contributed by atoms with van der Waals surface area (Å²) in [5.41, 5.74) is -0.108. The quantitative estimate of drug-likeness (QED) is 0.304. The van der Waals surface area contributed by atoms with Gasteiger partial charge in [-0.25, -0.2) is 0 Å². The molecule has 2 heterocycles. The molecule has 0 aromatic carbocycles. The molecular weight excluding hydrogens is 501 g/mol. The van der Waals surface area contributed by atoms with E-state index in [2.05, 4.69) is 20.5 Å². The number of amides is 1. The summed E-state index contributed by atoms with van der Waals surface area (Å²) in [7, 11) is 5.54. The van der Waals surface area contributed by atoms with Crippen LogP contribution in [0.15, 0.2) is 4.99 Å². The molecule has 168 valence electrons. The van der Waals surface area contributed by atoms with Crippen LogP contribution in [0, 0.1) is 5.41 Å². The lowest BCUT2D eigenvalue weighted by Crippen LogP contribution is -2.60. The molecule has 0 aromatic rings. The van der Waals surface area contributed by atoms with Gasteiger partial charge in [-0.3, -0.25) is 14.7 Å². The molecular formula is C20H38IN5O2S. The van der Waals surface area contributed by atoms with Crippen molar-refractivity contribution in [2.24, 2.45) is 10.4 Å². The normalized spacial score (nSPS) is 27.3.